The third-order valence-electron chi connectivity index (χ3n) is 5.03. The summed E-state index contributed by atoms with van der Waals surface area (Å²) < 4.78 is 0. The highest BCUT2D eigenvalue weighted by atomic mass is 16.2. The molecule has 1 unspecified atom stereocenters. The van der Waals surface area contributed by atoms with Crippen molar-refractivity contribution < 1.29 is 9.59 Å². The van der Waals surface area contributed by atoms with Gasteiger partial charge >= 0.3 is 0 Å². The van der Waals surface area contributed by atoms with E-state index in [1.807, 2.05) is 0 Å². The van der Waals surface area contributed by atoms with Crippen LogP contribution in [0.25, 0.3) is 0 Å². The Morgan fingerprint density at radius 1 is 1.05 bits per heavy atom. The summed E-state index contributed by atoms with van der Waals surface area (Å²) in [6.45, 7) is 7.73. The fraction of sp³-hybridized carbons (Fsp3) is 0.529. The van der Waals surface area contributed by atoms with Crippen LogP contribution in [0.4, 0.5) is 5.69 Å². The molecule has 2 aliphatic heterocycles. The summed E-state index contributed by atoms with van der Waals surface area (Å²) in [4.78, 5) is 29.6. The lowest BCUT2D eigenvalue weighted by molar-refractivity contribution is -0.138. The van der Waals surface area contributed by atoms with Crippen LogP contribution >= 0.6 is 0 Å². The number of likely N-dealkylation sites (N-methyl/N-ethyl adjacent to an activating group) is 1. The van der Waals surface area contributed by atoms with Gasteiger partial charge in [0, 0.05) is 38.9 Å². The van der Waals surface area contributed by atoms with Crippen LogP contribution in [0.15, 0.2) is 18.2 Å². The van der Waals surface area contributed by atoms with Crippen molar-refractivity contribution in [2.45, 2.75) is 26.3 Å². The zero-order valence-electron chi connectivity index (χ0n) is 13.5. The molecule has 5 heteroatoms. The van der Waals surface area contributed by atoms with E-state index in [0.29, 0.717) is 6.42 Å². The first-order valence-corrected chi connectivity index (χ1v) is 7.84. The molecule has 2 heterocycles. The predicted molar refractivity (Wildman–Crippen MR) is 85.9 cm³/mol. The lowest BCUT2D eigenvalue weighted by Gasteiger charge is -2.38. The lowest BCUT2D eigenvalue weighted by Crippen LogP contribution is -2.52. The van der Waals surface area contributed by atoms with Gasteiger partial charge < -0.3 is 4.90 Å². The molecule has 0 spiro atoms. The summed E-state index contributed by atoms with van der Waals surface area (Å²) in [5.74, 6) is -0.114. The molecule has 1 aromatic carbocycles. The van der Waals surface area contributed by atoms with Crippen LogP contribution in [0.2, 0.25) is 0 Å². The van der Waals surface area contributed by atoms with Crippen molar-refractivity contribution in [2.75, 3.05) is 38.1 Å². The van der Waals surface area contributed by atoms with Gasteiger partial charge in [-0.3, -0.25) is 19.4 Å². The summed E-state index contributed by atoms with van der Waals surface area (Å²) in [5.41, 5.74) is 3.91. The third-order valence-corrected chi connectivity index (χ3v) is 5.03. The maximum atomic E-state index is 12.1. The molecule has 2 fully saturated rings. The second-order valence-electron chi connectivity index (χ2n) is 6.25. The number of imide groups is 1. The van der Waals surface area contributed by atoms with Crippen LogP contribution in [-0.4, -0.2) is 60.9 Å². The summed E-state index contributed by atoms with van der Waals surface area (Å²) in [7, 11) is 1.58. The molecule has 0 N–H and O–H groups in total. The quantitative estimate of drug-likeness (QED) is 0.770. The van der Waals surface area contributed by atoms with Gasteiger partial charge in [0.15, 0.2) is 0 Å². The number of aryl methyl sites for hydroxylation is 1. The fourth-order valence-corrected chi connectivity index (χ4v) is 3.37. The van der Waals surface area contributed by atoms with Crippen molar-refractivity contribution >= 4 is 17.5 Å². The number of anilines is 1. The summed E-state index contributed by atoms with van der Waals surface area (Å²) in [6, 6.07) is 6.14. The van der Waals surface area contributed by atoms with E-state index in [9.17, 15) is 9.59 Å². The molecule has 1 aromatic rings. The largest absolute Gasteiger partial charge is 0.369 e. The van der Waals surface area contributed by atoms with Crippen molar-refractivity contribution in [3.63, 3.8) is 0 Å². The second-order valence-corrected chi connectivity index (χ2v) is 6.25. The second kappa shape index (κ2) is 5.72. The van der Waals surface area contributed by atoms with Crippen molar-refractivity contribution in [3.05, 3.63) is 29.3 Å². The van der Waals surface area contributed by atoms with E-state index < -0.39 is 0 Å². The zero-order chi connectivity index (χ0) is 15.9. The first kappa shape index (κ1) is 15.0. The molecule has 1 atom stereocenters. The summed E-state index contributed by atoms with van der Waals surface area (Å²) in [5, 5.41) is 0. The van der Waals surface area contributed by atoms with Gasteiger partial charge in [-0.1, -0.05) is 12.1 Å². The molecule has 2 amide bonds. The highest BCUT2D eigenvalue weighted by Gasteiger charge is 2.40. The Morgan fingerprint density at radius 3 is 2.32 bits per heavy atom. The SMILES string of the molecule is Cc1cccc(N2CCN(C3CC(=O)N(C)C3=O)CC2)c1C. The van der Waals surface area contributed by atoms with Gasteiger partial charge in [0.05, 0.1) is 12.5 Å². The monoisotopic (exact) mass is 301 g/mol. The molecule has 0 aliphatic carbocycles. The van der Waals surface area contributed by atoms with Crippen molar-refractivity contribution in [1.29, 1.82) is 0 Å². The smallest absolute Gasteiger partial charge is 0.246 e. The number of piperazine rings is 1. The number of rotatable bonds is 2. The summed E-state index contributed by atoms with van der Waals surface area (Å²) in [6.07, 6.45) is 0.332. The van der Waals surface area contributed by atoms with Gasteiger partial charge in [-0.25, -0.2) is 0 Å². The number of hydrogen-bond acceptors (Lipinski definition) is 4. The first-order chi connectivity index (χ1) is 10.5. The topological polar surface area (TPSA) is 43.9 Å². The minimum Gasteiger partial charge on any atom is -0.369 e. The van der Waals surface area contributed by atoms with E-state index in [1.165, 1.54) is 21.7 Å². The Labute approximate surface area is 131 Å². The van der Waals surface area contributed by atoms with Gasteiger partial charge in [0.25, 0.3) is 0 Å². The number of amides is 2. The van der Waals surface area contributed by atoms with Crippen LogP contribution in [0.5, 0.6) is 0 Å². The number of carbonyl (C=O) groups excluding carboxylic acids is 2. The highest BCUT2D eigenvalue weighted by Crippen LogP contribution is 2.25. The number of benzene rings is 1. The molecule has 0 aromatic heterocycles. The minimum absolute atomic E-state index is 0.0508. The molecule has 118 valence electrons. The van der Waals surface area contributed by atoms with E-state index >= 15 is 0 Å². The Kier molecular flexibility index (Phi) is 3.91. The van der Waals surface area contributed by atoms with Gasteiger partial charge in [0.2, 0.25) is 11.8 Å². The highest BCUT2D eigenvalue weighted by molar-refractivity contribution is 6.05. The van der Waals surface area contributed by atoms with E-state index in [-0.39, 0.29) is 17.9 Å². The average molecular weight is 301 g/mol. The predicted octanol–water partition coefficient (Wildman–Crippen LogP) is 1.18. The van der Waals surface area contributed by atoms with Crippen molar-refractivity contribution in [2.24, 2.45) is 0 Å². The fourth-order valence-electron chi connectivity index (χ4n) is 3.37. The van der Waals surface area contributed by atoms with E-state index in [0.717, 1.165) is 26.2 Å². The molecule has 0 radical (unpaired) electrons. The molecule has 5 nitrogen and oxygen atoms in total. The van der Waals surface area contributed by atoms with Crippen LogP contribution in [0.1, 0.15) is 17.5 Å². The number of hydrogen-bond donors (Lipinski definition) is 0. The number of carbonyl (C=O) groups is 2. The molecule has 0 saturated carbocycles. The molecule has 2 saturated heterocycles. The Morgan fingerprint density at radius 2 is 1.73 bits per heavy atom. The molecule has 3 rings (SSSR count). The zero-order valence-corrected chi connectivity index (χ0v) is 13.5. The molecular weight excluding hydrogens is 278 g/mol. The maximum Gasteiger partial charge on any atom is 0.246 e. The first-order valence-electron chi connectivity index (χ1n) is 7.84. The van der Waals surface area contributed by atoms with Crippen LogP contribution in [0.3, 0.4) is 0 Å². The van der Waals surface area contributed by atoms with Crippen LogP contribution < -0.4 is 4.90 Å². The van der Waals surface area contributed by atoms with Crippen molar-refractivity contribution in [3.8, 4) is 0 Å². The Balaban J connectivity index is 1.67. The Hall–Kier alpha value is -1.88. The van der Waals surface area contributed by atoms with E-state index in [2.05, 4.69) is 41.8 Å². The molecule has 0 bridgehead atoms. The number of nitrogens with zero attached hydrogens (tertiary/aromatic N) is 3. The lowest BCUT2D eigenvalue weighted by atomic mass is 10.1. The third kappa shape index (κ3) is 2.50. The minimum atomic E-state index is -0.252. The average Bonchev–Trinajstić information content (AvgIpc) is 2.78. The van der Waals surface area contributed by atoms with Gasteiger partial charge in [0.1, 0.15) is 0 Å². The molecular formula is C17H23N3O2. The van der Waals surface area contributed by atoms with Crippen LogP contribution in [0, 0.1) is 13.8 Å². The molecule has 22 heavy (non-hydrogen) atoms. The van der Waals surface area contributed by atoms with Gasteiger partial charge in [-0.15, -0.1) is 0 Å². The van der Waals surface area contributed by atoms with E-state index in [1.54, 1.807) is 7.05 Å². The van der Waals surface area contributed by atoms with Crippen molar-refractivity contribution in [1.82, 2.24) is 9.80 Å². The Bertz CT molecular complexity index is 606. The normalized spacial score (nSPS) is 23.5. The number of likely N-dealkylation sites (tertiary alicyclic amines) is 1. The summed E-state index contributed by atoms with van der Waals surface area (Å²) >= 11 is 0. The van der Waals surface area contributed by atoms with Gasteiger partial charge in [-0.2, -0.15) is 0 Å². The van der Waals surface area contributed by atoms with Gasteiger partial charge in [-0.05, 0) is 31.0 Å². The van der Waals surface area contributed by atoms with Crippen LogP contribution in [-0.2, 0) is 9.59 Å². The standard InChI is InChI=1S/C17H23N3O2/c1-12-5-4-6-14(13(12)2)19-7-9-20(10-8-19)15-11-16(21)18(3)17(15)22/h4-6,15H,7-11H2,1-3H3. The maximum absolute atomic E-state index is 12.1. The van der Waals surface area contributed by atoms with E-state index in [4.69, 9.17) is 0 Å². The molecule has 2 aliphatic rings.